The Labute approximate surface area is 190 Å². The zero-order chi connectivity index (χ0) is 22.8. The average Bonchev–Trinajstić information content (AvgIpc) is 3.51. The average molecular weight is 457 g/mol. The lowest BCUT2D eigenvalue weighted by molar-refractivity contribution is 0.0930. The maximum Gasteiger partial charge on any atom is 0.271 e. The van der Waals surface area contributed by atoms with Gasteiger partial charge in [0.1, 0.15) is 21.9 Å². The van der Waals surface area contributed by atoms with E-state index in [9.17, 15) is 9.59 Å². The lowest BCUT2D eigenvalue weighted by Gasteiger charge is -2.28. The molecule has 0 saturated carbocycles. The molecular weight excluding hydrogens is 428 g/mol. The van der Waals surface area contributed by atoms with E-state index in [-0.39, 0.29) is 23.6 Å². The summed E-state index contributed by atoms with van der Waals surface area (Å²) in [5.74, 6) is -0.468. The Hall–Kier alpha value is -2.92. The summed E-state index contributed by atoms with van der Waals surface area (Å²) in [6.07, 6.45) is 6.75. The molecule has 4 heterocycles. The van der Waals surface area contributed by atoms with Gasteiger partial charge in [-0.25, -0.2) is 15.0 Å². The van der Waals surface area contributed by atoms with Crippen molar-refractivity contribution in [3.05, 3.63) is 34.3 Å². The van der Waals surface area contributed by atoms with Crippen LogP contribution in [0.15, 0.2) is 18.7 Å². The van der Waals surface area contributed by atoms with Gasteiger partial charge < -0.3 is 10.6 Å². The number of aryl methyl sites for hydroxylation is 1. The Kier molecular flexibility index (Phi) is 6.47. The molecule has 0 spiro atoms. The van der Waals surface area contributed by atoms with Gasteiger partial charge in [-0.05, 0) is 40.2 Å². The lowest BCUT2D eigenvalue weighted by atomic mass is 10.2. The molecule has 0 aromatic carbocycles. The summed E-state index contributed by atoms with van der Waals surface area (Å²) >= 11 is 1.28. The van der Waals surface area contributed by atoms with E-state index < -0.39 is 0 Å². The molecule has 32 heavy (non-hydrogen) atoms. The van der Waals surface area contributed by atoms with E-state index in [1.54, 1.807) is 24.1 Å². The van der Waals surface area contributed by atoms with Crippen molar-refractivity contribution in [2.45, 2.75) is 51.7 Å². The van der Waals surface area contributed by atoms with Crippen LogP contribution in [0.25, 0.3) is 11.0 Å². The van der Waals surface area contributed by atoms with Crippen molar-refractivity contribution < 1.29 is 9.59 Å². The number of hydrogen-bond acceptors (Lipinski definition) is 8. The summed E-state index contributed by atoms with van der Waals surface area (Å²) in [5, 5.41) is 11.3. The van der Waals surface area contributed by atoms with E-state index in [1.165, 1.54) is 17.7 Å². The number of amides is 2. The molecule has 170 valence electrons. The Morgan fingerprint density at radius 1 is 1.19 bits per heavy atom. The van der Waals surface area contributed by atoms with Gasteiger partial charge in [-0.1, -0.05) is 0 Å². The molecule has 10 nitrogen and oxygen atoms in total. The number of carbonyl (C=O) groups is 2. The van der Waals surface area contributed by atoms with Crippen molar-refractivity contribution in [2.75, 3.05) is 13.1 Å². The largest absolute Gasteiger partial charge is 0.350 e. The van der Waals surface area contributed by atoms with E-state index in [2.05, 4.69) is 49.4 Å². The van der Waals surface area contributed by atoms with Crippen LogP contribution in [0.2, 0.25) is 0 Å². The van der Waals surface area contributed by atoms with E-state index in [0.29, 0.717) is 39.5 Å². The first-order valence-electron chi connectivity index (χ1n) is 10.8. The van der Waals surface area contributed by atoms with E-state index in [1.807, 2.05) is 6.92 Å². The fourth-order valence-corrected chi connectivity index (χ4v) is 4.95. The number of nitrogens with one attached hydrogen (secondary N) is 2. The number of hydrogen-bond donors (Lipinski definition) is 2. The zero-order valence-corrected chi connectivity index (χ0v) is 19.5. The van der Waals surface area contributed by atoms with Crippen LogP contribution < -0.4 is 10.6 Å². The molecule has 0 aliphatic carbocycles. The van der Waals surface area contributed by atoms with Crippen LogP contribution in [0.1, 0.15) is 64.8 Å². The van der Waals surface area contributed by atoms with Gasteiger partial charge in [0.15, 0.2) is 5.65 Å². The number of nitrogens with zero attached hydrogens (tertiary/aromatic N) is 6. The summed E-state index contributed by atoms with van der Waals surface area (Å²) in [7, 11) is 1.76. The van der Waals surface area contributed by atoms with Crippen molar-refractivity contribution in [3.8, 4) is 0 Å². The monoisotopic (exact) mass is 456 g/mol. The minimum atomic E-state index is -0.373. The number of aromatic nitrogens is 5. The first kappa shape index (κ1) is 22.3. The highest BCUT2D eigenvalue weighted by molar-refractivity contribution is 7.13. The molecule has 2 N–H and O–H groups in total. The molecule has 2 atom stereocenters. The van der Waals surface area contributed by atoms with Crippen molar-refractivity contribution in [1.82, 2.24) is 40.3 Å². The molecule has 1 fully saturated rings. The number of carbonyl (C=O) groups excluding carboxylic acids is 2. The van der Waals surface area contributed by atoms with E-state index in [4.69, 9.17) is 0 Å². The van der Waals surface area contributed by atoms with Gasteiger partial charge in [0.2, 0.25) is 0 Å². The topological polar surface area (TPSA) is 118 Å². The maximum atomic E-state index is 12.8. The second-order valence-electron chi connectivity index (χ2n) is 8.32. The normalized spacial score (nSPS) is 17.7. The van der Waals surface area contributed by atoms with Crippen molar-refractivity contribution >= 4 is 34.2 Å². The smallest absolute Gasteiger partial charge is 0.271 e. The highest BCUT2D eigenvalue weighted by Gasteiger charge is 2.27. The summed E-state index contributed by atoms with van der Waals surface area (Å²) in [5.41, 5.74) is 0.847. The minimum absolute atomic E-state index is 0.129. The summed E-state index contributed by atoms with van der Waals surface area (Å²) in [6, 6.07) is 0.477. The van der Waals surface area contributed by atoms with Gasteiger partial charge in [-0.15, -0.1) is 11.3 Å². The first-order valence-corrected chi connectivity index (χ1v) is 11.6. The molecule has 3 aromatic heterocycles. The quantitative estimate of drug-likeness (QED) is 0.558. The fraction of sp³-hybridized carbons (Fsp3) is 0.524. The molecule has 2 amide bonds. The highest BCUT2D eigenvalue weighted by atomic mass is 32.1. The molecular formula is C21H28N8O2S. The standard InChI is InChI=1S/C21H28N8O2S/c1-12(2)29-7-5-6-14(29)8-22-19(30)16-10-23-21(32-16)13(3)27-20(31)17-15-9-26-28(4)18(15)25-11-24-17/h9-14H,5-8H2,1-4H3,(H,22,30)(H,27,31). The molecule has 3 aromatic rings. The second kappa shape index (κ2) is 9.29. The summed E-state index contributed by atoms with van der Waals surface area (Å²) in [6.45, 7) is 7.92. The van der Waals surface area contributed by atoms with Crippen LogP contribution in [0.5, 0.6) is 0 Å². The van der Waals surface area contributed by atoms with Crippen LogP contribution in [-0.4, -0.2) is 66.6 Å². The maximum absolute atomic E-state index is 12.8. The van der Waals surface area contributed by atoms with Crippen LogP contribution in [0.4, 0.5) is 0 Å². The van der Waals surface area contributed by atoms with Gasteiger partial charge in [0.25, 0.3) is 11.8 Å². The molecule has 1 aliphatic heterocycles. The highest BCUT2D eigenvalue weighted by Crippen LogP contribution is 2.22. The second-order valence-corrected chi connectivity index (χ2v) is 9.39. The minimum Gasteiger partial charge on any atom is -0.350 e. The Morgan fingerprint density at radius 3 is 2.78 bits per heavy atom. The van der Waals surface area contributed by atoms with Gasteiger partial charge in [-0.3, -0.25) is 19.2 Å². The molecule has 0 bridgehead atoms. The first-order chi connectivity index (χ1) is 15.3. The Bertz CT molecular complexity index is 1120. The molecule has 2 unspecified atom stereocenters. The number of rotatable bonds is 7. The SMILES string of the molecule is CC(NC(=O)c1ncnc2c1cnn2C)c1ncc(C(=O)NCC2CCCN2C(C)C)s1. The molecule has 1 saturated heterocycles. The Balaban J connectivity index is 1.37. The van der Waals surface area contributed by atoms with Crippen LogP contribution in [-0.2, 0) is 7.05 Å². The third-order valence-electron chi connectivity index (χ3n) is 5.79. The predicted molar refractivity (Wildman–Crippen MR) is 121 cm³/mol. The fourth-order valence-electron chi connectivity index (χ4n) is 4.12. The lowest BCUT2D eigenvalue weighted by Crippen LogP contribution is -2.43. The zero-order valence-electron chi connectivity index (χ0n) is 18.7. The van der Waals surface area contributed by atoms with Crippen molar-refractivity contribution in [1.29, 1.82) is 0 Å². The third kappa shape index (κ3) is 4.49. The third-order valence-corrected chi connectivity index (χ3v) is 6.97. The van der Waals surface area contributed by atoms with Crippen LogP contribution in [0.3, 0.4) is 0 Å². The molecule has 1 aliphatic rings. The van der Waals surface area contributed by atoms with Gasteiger partial charge in [-0.2, -0.15) is 5.10 Å². The summed E-state index contributed by atoms with van der Waals surface area (Å²) in [4.78, 5) is 41.0. The van der Waals surface area contributed by atoms with Crippen molar-refractivity contribution in [2.24, 2.45) is 7.05 Å². The summed E-state index contributed by atoms with van der Waals surface area (Å²) < 4.78 is 1.59. The van der Waals surface area contributed by atoms with E-state index in [0.717, 1.165) is 19.4 Å². The van der Waals surface area contributed by atoms with E-state index >= 15 is 0 Å². The van der Waals surface area contributed by atoms with Crippen molar-refractivity contribution in [3.63, 3.8) is 0 Å². The van der Waals surface area contributed by atoms with Crippen LogP contribution in [0, 0.1) is 0 Å². The number of thiazole rings is 1. The molecule has 11 heteroatoms. The van der Waals surface area contributed by atoms with Gasteiger partial charge in [0.05, 0.1) is 23.8 Å². The van der Waals surface area contributed by atoms with Gasteiger partial charge >= 0.3 is 0 Å². The number of fused-ring (bicyclic) bond motifs is 1. The Morgan fingerprint density at radius 2 is 2.00 bits per heavy atom. The number of likely N-dealkylation sites (tertiary alicyclic amines) is 1. The van der Waals surface area contributed by atoms with Crippen LogP contribution >= 0.6 is 11.3 Å². The molecule has 0 radical (unpaired) electrons. The molecule has 4 rings (SSSR count). The predicted octanol–water partition coefficient (Wildman–Crippen LogP) is 1.91. The van der Waals surface area contributed by atoms with Gasteiger partial charge in [0, 0.05) is 25.7 Å².